The van der Waals surface area contributed by atoms with E-state index >= 15 is 0 Å². The van der Waals surface area contributed by atoms with E-state index in [1.54, 1.807) is 33.1 Å². The Hall–Kier alpha value is -4.31. The second-order valence-corrected chi connectivity index (χ2v) is 8.82. The Kier molecular flexibility index (Phi) is 4.96. The van der Waals surface area contributed by atoms with Gasteiger partial charge in [-0.3, -0.25) is 19.0 Å². The van der Waals surface area contributed by atoms with Crippen LogP contribution in [0.1, 0.15) is 28.8 Å². The van der Waals surface area contributed by atoms with E-state index in [-0.39, 0.29) is 17.4 Å². The number of rotatable bonds is 5. The summed E-state index contributed by atoms with van der Waals surface area (Å²) in [5.74, 6) is -0.322. The van der Waals surface area contributed by atoms with Crippen molar-refractivity contribution in [3.8, 4) is 5.69 Å². The molecule has 0 unspecified atom stereocenters. The Bertz CT molecular complexity index is 1650. The summed E-state index contributed by atoms with van der Waals surface area (Å²) in [5, 5.41) is 10.3. The zero-order valence-corrected chi connectivity index (χ0v) is 19.1. The number of carboxylic acids is 1. The van der Waals surface area contributed by atoms with Crippen LogP contribution in [0, 0.1) is 0 Å². The zero-order chi connectivity index (χ0) is 24.1. The lowest BCUT2D eigenvalue weighted by Crippen LogP contribution is -2.29. The summed E-state index contributed by atoms with van der Waals surface area (Å²) < 4.78 is 5.07. The number of aromatic nitrogens is 6. The number of fused-ring (bicyclic) bond motifs is 2. The highest BCUT2D eigenvalue weighted by molar-refractivity contribution is 5.85. The first-order valence-corrected chi connectivity index (χ1v) is 11.4. The lowest BCUT2D eigenvalue weighted by atomic mass is 10.2. The predicted molar refractivity (Wildman–Crippen MR) is 130 cm³/mol. The third-order valence-corrected chi connectivity index (χ3v) is 6.75. The Labute approximate surface area is 199 Å². The van der Waals surface area contributed by atoms with Crippen LogP contribution in [-0.4, -0.2) is 57.7 Å². The molecule has 5 heterocycles. The molecule has 5 aromatic rings. The lowest BCUT2D eigenvalue weighted by molar-refractivity contribution is 0.0686. The molecule has 0 saturated carbocycles. The molecule has 1 atom stereocenters. The van der Waals surface area contributed by atoms with Gasteiger partial charge in [-0.1, -0.05) is 18.2 Å². The summed E-state index contributed by atoms with van der Waals surface area (Å²) in [6, 6.07) is 13.5. The van der Waals surface area contributed by atoms with Crippen LogP contribution in [0.4, 0.5) is 0 Å². The molecule has 0 radical (unpaired) electrons. The average molecular weight is 470 g/mol. The fraction of sp³-hybridized carbons (Fsp3) is 0.240. The van der Waals surface area contributed by atoms with Gasteiger partial charge in [0.15, 0.2) is 5.65 Å². The summed E-state index contributed by atoms with van der Waals surface area (Å²) in [5.41, 5.74) is 2.97. The lowest BCUT2D eigenvalue weighted by Gasteiger charge is -2.16. The van der Waals surface area contributed by atoms with Gasteiger partial charge in [0.05, 0.1) is 41.7 Å². The highest BCUT2D eigenvalue weighted by Gasteiger charge is 2.30. The topological polar surface area (TPSA) is 111 Å². The molecule has 1 fully saturated rings. The van der Waals surface area contributed by atoms with Crippen molar-refractivity contribution in [2.45, 2.75) is 19.0 Å². The van der Waals surface area contributed by atoms with Gasteiger partial charge in [0.2, 0.25) is 0 Å². The molecular formula is C25H23N7O3. The molecule has 10 nitrogen and oxygen atoms in total. The first kappa shape index (κ1) is 21.2. The monoisotopic (exact) mass is 469 g/mol. The number of nitrogens with zero attached hydrogens (tertiary/aromatic N) is 7. The molecular weight excluding hydrogens is 446 g/mol. The van der Waals surface area contributed by atoms with Crippen molar-refractivity contribution in [2.75, 3.05) is 13.1 Å². The maximum atomic E-state index is 13.8. The van der Waals surface area contributed by atoms with Crippen molar-refractivity contribution >= 4 is 28.0 Å². The van der Waals surface area contributed by atoms with Gasteiger partial charge in [-0.15, -0.1) is 0 Å². The number of aromatic carboxylic acids is 1. The molecule has 1 aromatic carbocycles. The minimum atomic E-state index is -1.00. The molecule has 0 aliphatic carbocycles. The van der Waals surface area contributed by atoms with E-state index in [0.29, 0.717) is 30.2 Å². The van der Waals surface area contributed by atoms with E-state index in [4.69, 9.17) is 0 Å². The van der Waals surface area contributed by atoms with Gasteiger partial charge in [-0.2, -0.15) is 0 Å². The minimum absolute atomic E-state index is 0.0613. The molecule has 10 heteroatoms. The van der Waals surface area contributed by atoms with E-state index in [2.05, 4.69) is 19.9 Å². The van der Waals surface area contributed by atoms with Crippen molar-refractivity contribution in [3.05, 3.63) is 83.1 Å². The number of para-hydroxylation sites is 1. The van der Waals surface area contributed by atoms with Gasteiger partial charge in [0.25, 0.3) is 0 Å². The highest BCUT2D eigenvalue weighted by atomic mass is 16.4. The smallest absolute Gasteiger partial charge is 0.354 e. The number of hydrogen-bond donors (Lipinski definition) is 1. The van der Waals surface area contributed by atoms with Gasteiger partial charge >= 0.3 is 11.7 Å². The van der Waals surface area contributed by atoms with E-state index < -0.39 is 5.97 Å². The van der Waals surface area contributed by atoms with Gasteiger partial charge in [-0.25, -0.2) is 19.6 Å². The molecule has 176 valence electrons. The van der Waals surface area contributed by atoms with E-state index in [1.807, 2.05) is 42.5 Å². The fourth-order valence-electron chi connectivity index (χ4n) is 4.97. The molecule has 1 N–H and O–H groups in total. The number of benzene rings is 1. The maximum Gasteiger partial charge on any atom is 0.354 e. The Balaban J connectivity index is 1.36. The summed E-state index contributed by atoms with van der Waals surface area (Å²) >= 11 is 0. The van der Waals surface area contributed by atoms with Gasteiger partial charge < -0.3 is 9.67 Å². The summed E-state index contributed by atoms with van der Waals surface area (Å²) in [6.45, 7) is 1.92. The number of carboxylic acid groups (broad SMARTS) is 1. The maximum absolute atomic E-state index is 13.8. The van der Waals surface area contributed by atoms with Gasteiger partial charge in [0, 0.05) is 31.7 Å². The van der Waals surface area contributed by atoms with Crippen LogP contribution < -0.4 is 5.69 Å². The quantitative estimate of drug-likeness (QED) is 0.421. The highest BCUT2D eigenvalue weighted by Crippen LogP contribution is 2.27. The number of carbonyl (C=O) groups is 1. The van der Waals surface area contributed by atoms with Crippen LogP contribution in [0.15, 0.2) is 65.8 Å². The van der Waals surface area contributed by atoms with Crippen LogP contribution in [-0.2, 0) is 13.6 Å². The van der Waals surface area contributed by atoms with Crippen LogP contribution in [0.3, 0.4) is 0 Å². The zero-order valence-electron chi connectivity index (χ0n) is 19.1. The van der Waals surface area contributed by atoms with Crippen molar-refractivity contribution < 1.29 is 9.90 Å². The molecule has 6 rings (SSSR count). The average Bonchev–Trinajstić information content (AvgIpc) is 3.54. The standard InChI is InChI=1S/C25H23N7O3/c1-29-21(24(33)34)13-28-22(29)15-30-10-8-17(14-30)32-23-20(7-4-9-26-23)31(25(32)35)18-11-16-5-2-3-6-19(16)27-12-18/h2-7,9,11-13,17H,8,10,14-15H2,1H3,(H,33,34)/t17-/m0/s1. The first-order valence-electron chi connectivity index (χ1n) is 11.4. The van der Waals surface area contributed by atoms with Gasteiger partial charge in [-0.05, 0) is 30.7 Å². The number of imidazole rings is 2. The van der Waals surface area contributed by atoms with Gasteiger partial charge in [0.1, 0.15) is 11.5 Å². The third kappa shape index (κ3) is 3.50. The van der Waals surface area contributed by atoms with E-state index in [9.17, 15) is 14.7 Å². The molecule has 0 bridgehead atoms. The van der Waals surface area contributed by atoms with Crippen LogP contribution in [0.25, 0.3) is 27.8 Å². The molecule has 0 amide bonds. The van der Waals surface area contributed by atoms with Crippen LogP contribution in [0.5, 0.6) is 0 Å². The Morgan fingerprint density at radius 1 is 1.11 bits per heavy atom. The molecule has 1 aliphatic heterocycles. The number of hydrogen-bond acceptors (Lipinski definition) is 6. The second kappa shape index (κ2) is 8.17. The van der Waals surface area contributed by atoms with Crippen molar-refractivity contribution in [2.24, 2.45) is 7.05 Å². The van der Waals surface area contributed by atoms with E-state index in [0.717, 1.165) is 29.4 Å². The molecule has 1 saturated heterocycles. The minimum Gasteiger partial charge on any atom is -0.477 e. The Morgan fingerprint density at radius 3 is 2.80 bits per heavy atom. The molecule has 35 heavy (non-hydrogen) atoms. The van der Waals surface area contributed by atoms with Crippen molar-refractivity contribution in [1.29, 1.82) is 0 Å². The second-order valence-electron chi connectivity index (χ2n) is 8.82. The van der Waals surface area contributed by atoms with Crippen LogP contribution >= 0.6 is 0 Å². The number of likely N-dealkylation sites (tertiary alicyclic amines) is 1. The summed E-state index contributed by atoms with van der Waals surface area (Å²) in [4.78, 5) is 40.7. The SMILES string of the molecule is Cn1c(C(=O)O)cnc1CN1CC[C@H](n2c(=O)n(-c3cnc4ccccc4c3)c3cccnc32)C1. The predicted octanol–water partition coefficient (Wildman–Crippen LogP) is 2.61. The van der Waals surface area contributed by atoms with Crippen molar-refractivity contribution in [1.82, 2.24) is 33.6 Å². The molecule has 4 aromatic heterocycles. The first-order chi connectivity index (χ1) is 17.0. The normalized spacial score (nSPS) is 16.4. The van der Waals surface area contributed by atoms with E-state index in [1.165, 1.54) is 6.20 Å². The fourth-order valence-corrected chi connectivity index (χ4v) is 4.97. The third-order valence-electron chi connectivity index (χ3n) is 6.75. The molecule has 1 aliphatic rings. The molecule has 0 spiro atoms. The number of pyridine rings is 2. The Morgan fingerprint density at radius 2 is 1.97 bits per heavy atom. The largest absolute Gasteiger partial charge is 0.477 e. The summed E-state index contributed by atoms with van der Waals surface area (Å²) in [7, 11) is 1.71. The van der Waals surface area contributed by atoms with Crippen LogP contribution in [0.2, 0.25) is 0 Å². The summed E-state index contributed by atoms with van der Waals surface area (Å²) in [6.07, 6.45) is 5.59. The van der Waals surface area contributed by atoms with Crippen molar-refractivity contribution in [3.63, 3.8) is 0 Å².